The largest absolute Gasteiger partial charge is 0.340 e. The van der Waals surface area contributed by atoms with Gasteiger partial charge in [0.15, 0.2) is 0 Å². The average Bonchev–Trinajstić information content (AvgIpc) is 2.46. The average molecular weight is 290 g/mol. The first kappa shape index (κ1) is 14.0. The third kappa shape index (κ3) is 2.42. The molecule has 118 valence electrons. The van der Waals surface area contributed by atoms with E-state index >= 15 is 0 Å². The maximum absolute atomic E-state index is 13.2. The molecule has 3 heteroatoms. The Morgan fingerprint density at radius 3 is 2.24 bits per heavy atom. The van der Waals surface area contributed by atoms with Gasteiger partial charge in [-0.1, -0.05) is 13.8 Å². The van der Waals surface area contributed by atoms with E-state index in [0.29, 0.717) is 23.8 Å². The van der Waals surface area contributed by atoms with Crippen molar-refractivity contribution >= 4 is 5.91 Å². The lowest BCUT2D eigenvalue weighted by Crippen LogP contribution is -2.58. The van der Waals surface area contributed by atoms with Crippen LogP contribution in [0.3, 0.4) is 0 Å². The molecule has 5 rings (SSSR count). The summed E-state index contributed by atoms with van der Waals surface area (Å²) in [6.45, 7) is 7.34. The molecule has 1 unspecified atom stereocenters. The molecule has 3 nitrogen and oxygen atoms in total. The Balaban J connectivity index is 1.47. The second-order valence-electron chi connectivity index (χ2n) is 8.55. The number of hydrogen-bond donors (Lipinski definition) is 1. The predicted molar refractivity (Wildman–Crippen MR) is 83.7 cm³/mol. The smallest absolute Gasteiger partial charge is 0.226 e. The number of carbonyl (C=O) groups excluding carboxylic acids is 1. The zero-order valence-electron chi connectivity index (χ0n) is 13.6. The summed E-state index contributed by atoms with van der Waals surface area (Å²) in [5.41, 5.74) is 0. The Hall–Kier alpha value is -0.570. The third-order valence-corrected chi connectivity index (χ3v) is 6.83. The van der Waals surface area contributed by atoms with E-state index in [4.69, 9.17) is 0 Å². The Kier molecular flexibility index (Phi) is 3.52. The van der Waals surface area contributed by atoms with Crippen LogP contribution >= 0.6 is 0 Å². The van der Waals surface area contributed by atoms with Crippen molar-refractivity contribution in [1.29, 1.82) is 0 Å². The van der Waals surface area contributed by atoms with Gasteiger partial charge in [-0.3, -0.25) is 4.79 Å². The molecule has 1 saturated heterocycles. The molecule has 0 radical (unpaired) electrons. The van der Waals surface area contributed by atoms with E-state index in [1.54, 1.807) is 0 Å². The van der Waals surface area contributed by atoms with Crippen molar-refractivity contribution in [2.24, 2.45) is 35.5 Å². The maximum atomic E-state index is 13.2. The zero-order chi connectivity index (χ0) is 14.6. The first-order valence-corrected chi connectivity index (χ1v) is 9.14. The van der Waals surface area contributed by atoms with Gasteiger partial charge in [-0.05, 0) is 61.7 Å². The zero-order valence-corrected chi connectivity index (χ0v) is 13.6. The van der Waals surface area contributed by atoms with Gasteiger partial charge in [-0.15, -0.1) is 0 Å². The van der Waals surface area contributed by atoms with Gasteiger partial charge in [0.25, 0.3) is 0 Å². The van der Waals surface area contributed by atoms with E-state index in [-0.39, 0.29) is 0 Å². The molecule has 0 aromatic heterocycles. The summed E-state index contributed by atoms with van der Waals surface area (Å²) >= 11 is 0. The Bertz CT molecular complexity index is 391. The van der Waals surface area contributed by atoms with Crippen LogP contribution in [0.2, 0.25) is 0 Å². The highest BCUT2D eigenvalue weighted by Crippen LogP contribution is 2.56. The molecule has 5 aliphatic rings. The van der Waals surface area contributed by atoms with Crippen LogP contribution in [0, 0.1) is 35.5 Å². The van der Waals surface area contributed by atoms with Crippen molar-refractivity contribution in [3.05, 3.63) is 0 Å². The summed E-state index contributed by atoms with van der Waals surface area (Å²) in [6.07, 6.45) is 6.87. The summed E-state index contributed by atoms with van der Waals surface area (Å²) in [6, 6.07) is 0.486. The standard InChI is InChI=1S/C18H30N2O/c1-11(2)16-10-20(4-3-19-16)18(21)17-14-6-12-5-13(8-14)9-15(17)7-12/h11-17,19H,3-10H2,1-2H3. The van der Waals surface area contributed by atoms with Crippen molar-refractivity contribution in [2.75, 3.05) is 19.6 Å². The molecule has 4 bridgehead atoms. The summed E-state index contributed by atoms with van der Waals surface area (Å²) in [5, 5.41) is 3.58. The molecule has 4 aliphatic carbocycles. The number of carbonyl (C=O) groups is 1. The molecule has 1 aliphatic heterocycles. The fraction of sp³-hybridized carbons (Fsp3) is 0.944. The number of nitrogens with one attached hydrogen (secondary N) is 1. The normalized spacial score (nSPS) is 45.4. The van der Waals surface area contributed by atoms with Gasteiger partial charge in [-0.2, -0.15) is 0 Å². The number of hydrogen-bond acceptors (Lipinski definition) is 2. The van der Waals surface area contributed by atoms with Gasteiger partial charge >= 0.3 is 0 Å². The molecular weight excluding hydrogens is 260 g/mol. The van der Waals surface area contributed by atoms with Crippen LogP contribution in [0.5, 0.6) is 0 Å². The van der Waals surface area contributed by atoms with Crippen LogP contribution in [0.15, 0.2) is 0 Å². The van der Waals surface area contributed by atoms with Crippen LogP contribution < -0.4 is 5.32 Å². The molecule has 5 fully saturated rings. The number of nitrogens with zero attached hydrogens (tertiary/aromatic N) is 1. The molecule has 0 spiro atoms. The Labute approximate surface area is 128 Å². The first-order chi connectivity index (χ1) is 10.1. The van der Waals surface area contributed by atoms with Crippen LogP contribution in [-0.4, -0.2) is 36.5 Å². The molecular formula is C18H30N2O. The van der Waals surface area contributed by atoms with Crippen LogP contribution in [0.25, 0.3) is 0 Å². The number of piperazine rings is 1. The van der Waals surface area contributed by atoms with E-state index in [9.17, 15) is 4.79 Å². The summed E-state index contributed by atoms with van der Waals surface area (Å²) in [7, 11) is 0. The molecule has 0 aromatic carbocycles. The molecule has 0 aromatic rings. The Morgan fingerprint density at radius 1 is 1.05 bits per heavy atom. The van der Waals surface area contributed by atoms with Crippen molar-refractivity contribution < 1.29 is 4.79 Å². The molecule has 1 N–H and O–H groups in total. The van der Waals surface area contributed by atoms with Crippen molar-refractivity contribution in [1.82, 2.24) is 10.2 Å². The van der Waals surface area contributed by atoms with Gasteiger partial charge < -0.3 is 10.2 Å². The minimum Gasteiger partial charge on any atom is -0.340 e. The highest BCUT2D eigenvalue weighted by molar-refractivity contribution is 5.80. The number of rotatable bonds is 2. The summed E-state index contributed by atoms with van der Waals surface area (Å²) < 4.78 is 0. The minimum atomic E-state index is 0.378. The topological polar surface area (TPSA) is 32.3 Å². The molecule has 1 amide bonds. The maximum Gasteiger partial charge on any atom is 0.226 e. The van der Waals surface area contributed by atoms with Crippen molar-refractivity contribution in [3.8, 4) is 0 Å². The van der Waals surface area contributed by atoms with E-state index in [2.05, 4.69) is 24.1 Å². The SMILES string of the molecule is CC(C)C1CN(C(=O)C2C3CC4CC(C3)CC2C4)CCN1. The van der Waals surface area contributed by atoms with E-state index in [1.165, 1.54) is 32.1 Å². The van der Waals surface area contributed by atoms with E-state index < -0.39 is 0 Å². The molecule has 21 heavy (non-hydrogen) atoms. The van der Waals surface area contributed by atoms with Gasteiger partial charge in [0.05, 0.1) is 0 Å². The van der Waals surface area contributed by atoms with Crippen LogP contribution in [0.4, 0.5) is 0 Å². The van der Waals surface area contributed by atoms with E-state index in [1.807, 2.05) is 0 Å². The fourth-order valence-electron chi connectivity index (χ4n) is 5.96. The lowest BCUT2D eigenvalue weighted by molar-refractivity contribution is -0.150. The minimum absolute atomic E-state index is 0.378. The fourth-order valence-corrected chi connectivity index (χ4v) is 5.96. The van der Waals surface area contributed by atoms with Crippen molar-refractivity contribution in [2.45, 2.75) is 52.0 Å². The molecule has 1 atom stereocenters. The highest BCUT2D eigenvalue weighted by Gasteiger charge is 2.51. The van der Waals surface area contributed by atoms with Crippen LogP contribution in [-0.2, 0) is 4.79 Å². The number of amides is 1. The second kappa shape index (κ2) is 5.26. The van der Waals surface area contributed by atoms with E-state index in [0.717, 1.165) is 43.3 Å². The first-order valence-electron chi connectivity index (χ1n) is 9.14. The van der Waals surface area contributed by atoms with Gasteiger partial charge in [0.2, 0.25) is 5.91 Å². The molecule has 4 saturated carbocycles. The van der Waals surface area contributed by atoms with Gasteiger partial charge in [-0.25, -0.2) is 0 Å². The summed E-state index contributed by atoms with van der Waals surface area (Å²) in [4.78, 5) is 15.4. The molecule has 1 heterocycles. The highest BCUT2D eigenvalue weighted by atomic mass is 16.2. The monoisotopic (exact) mass is 290 g/mol. The van der Waals surface area contributed by atoms with Crippen LogP contribution in [0.1, 0.15) is 46.0 Å². The Morgan fingerprint density at radius 2 is 1.67 bits per heavy atom. The second-order valence-corrected chi connectivity index (χ2v) is 8.55. The lowest BCUT2D eigenvalue weighted by atomic mass is 9.51. The van der Waals surface area contributed by atoms with Crippen molar-refractivity contribution in [3.63, 3.8) is 0 Å². The van der Waals surface area contributed by atoms with Gasteiger partial charge in [0.1, 0.15) is 0 Å². The summed E-state index contributed by atoms with van der Waals surface area (Å²) in [5.74, 6) is 4.87. The lowest BCUT2D eigenvalue weighted by Gasteiger charge is -2.54. The predicted octanol–water partition coefficient (Wildman–Crippen LogP) is 2.52. The quantitative estimate of drug-likeness (QED) is 0.847. The third-order valence-electron chi connectivity index (χ3n) is 6.83. The van der Waals surface area contributed by atoms with Gasteiger partial charge in [0, 0.05) is 31.6 Å².